The average Bonchev–Trinajstić information content (AvgIpc) is 2.85. The van der Waals surface area contributed by atoms with Gasteiger partial charge in [-0.1, -0.05) is 12.5 Å². The van der Waals surface area contributed by atoms with Crippen LogP contribution >= 0.6 is 0 Å². The summed E-state index contributed by atoms with van der Waals surface area (Å²) >= 11 is 0. The number of urea groups is 1. The fraction of sp³-hybridized carbons (Fsp3) is 0.500. The molecule has 12 nitrogen and oxygen atoms in total. The molecule has 1 aromatic heterocycles. The molecule has 0 spiro atoms. The Labute approximate surface area is 225 Å². The molecule has 2 aromatic rings. The number of rotatable bonds is 10. The number of fused-ring (bicyclic) bond motifs is 1. The van der Waals surface area contributed by atoms with Crippen LogP contribution in [0, 0.1) is 10.1 Å². The minimum Gasteiger partial charge on any atom is -0.494 e. The van der Waals surface area contributed by atoms with Crippen LogP contribution in [0.4, 0.5) is 33.6 Å². The largest absolute Gasteiger partial charge is 0.494 e. The van der Waals surface area contributed by atoms with E-state index in [0.717, 1.165) is 18.5 Å². The van der Waals surface area contributed by atoms with Crippen LogP contribution in [0.3, 0.4) is 0 Å². The molecular formula is C26H40N8O4. The fourth-order valence-electron chi connectivity index (χ4n) is 3.75. The van der Waals surface area contributed by atoms with Gasteiger partial charge in [0.2, 0.25) is 5.95 Å². The summed E-state index contributed by atoms with van der Waals surface area (Å²) in [5, 5.41) is 14.9. The Kier molecular flexibility index (Phi) is 10.8. The smallest absolute Gasteiger partial charge is 0.325 e. The summed E-state index contributed by atoms with van der Waals surface area (Å²) in [5.74, 6) is 1.13. The second-order valence-electron chi connectivity index (χ2n) is 9.66. The number of carbonyl (C=O) groups excluding carboxylic acids is 1. The monoisotopic (exact) mass is 528 g/mol. The van der Waals surface area contributed by atoms with Crippen LogP contribution in [-0.2, 0) is 6.54 Å². The van der Waals surface area contributed by atoms with E-state index in [1.54, 1.807) is 31.3 Å². The van der Waals surface area contributed by atoms with Crippen molar-refractivity contribution in [2.24, 2.45) is 0 Å². The summed E-state index contributed by atoms with van der Waals surface area (Å²) in [6.07, 6.45) is 2.52. The number of anilines is 4. The van der Waals surface area contributed by atoms with Crippen molar-refractivity contribution in [3.8, 4) is 5.75 Å². The maximum Gasteiger partial charge on any atom is 0.325 e. The number of benzene rings is 1. The number of likely N-dealkylation sites (N-methyl/N-ethyl adjacent to an activating group) is 2. The molecule has 3 rings (SSSR count). The van der Waals surface area contributed by atoms with Crippen molar-refractivity contribution in [1.82, 2.24) is 19.8 Å². The molecule has 0 bridgehead atoms. The maximum atomic E-state index is 12.6. The van der Waals surface area contributed by atoms with Crippen LogP contribution < -0.4 is 19.9 Å². The number of methoxy groups -OCH3 is 1. The zero-order valence-corrected chi connectivity index (χ0v) is 23.7. The number of ether oxygens (including phenoxy) is 1. The number of amides is 2. The van der Waals surface area contributed by atoms with Crippen molar-refractivity contribution in [3.63, 3.8) is 0 Å². The Balaban J connectivity index is 0.00000118. The molecule has 0 saturated heterocycles. The number of hydrogen-bond acceptors (Lipinski definition) is 9. The first-order valence-corrected chi connectivity index (χ1v) is 12.4. The summed E-state index contributed by atoms with van der Waals surface area (Å²) in [6, 6.07) is 2.92. The van der Waals surface area contributed by atoms with E-state index in [4.69, 9.17) is 4.74 Å². The minimum absolute atomic E-state index is 0.0648. The highest BCUT2D eigenvalue weighted by Crippen LogP contribution is 2.39. The predicted molar refractivity (Wildman–Crippen MR) is 152 cm³/mol. The molecule has 2 amide bonds. The SMILES string of the molecule is C=C(C)C.CCCN1Cc2cnc(Nc3cc([N+](=O)[O-])c(N(C)CCN(C)C)cc3OC)nc2N(C)C1=O. The average molecular weight is 529 g/mol. The van der Waals surface area contributed by atoms with Gasteiger partial charge in [0.25, 0.3) is 5.69 Å². The lowest BCUT2D eigenvalue weighted by molar-refractivity contribution is -0.384. The van der Waals surface area contributed by atoms with Crippen molar-refractivity contribution in [2.75, 3.05) is 70.1 Å². The van der Waals surface area contributed by atoms with E-state index in [1.807, 2.05) is 44.7 Å². The summed E-state index contributed by atoms with van der Waals surface area (Å²) in [4.78, 5) is 40.0. The number of allylic oxidation sites excluding steroid dienone is 1. The molecule has 0 aliphatic carbocycles. The van der Waals surface area contributed by atoms with Gasteiger partial charge in [-0.2, -0.15) is 4.98 Å². The molecule has 0 radical (unpaired) electrons. The fourth-order valence-corrected chi connectivity index (χ4v) is 3.75. The third kappa shape index (κ3) is 7.78. The number of hydrogen-bond donors (Lipinski definition) is 1. The number of nitro benzene ring substituents is 1. The Morgan fingerprint density at radius 3 is 2.47 bits per heavy atom. The summed E-state index contributed by atoms with van der Waals surface area (Å²) in [6.45, 7) is 12.0. The highest BCUT2D eigenvalue weighted by atomic mass is 16.6. The zero-order chi connectivity index (χ0) is 28.6. The summed E-state index contributed by atoms with van der Waals surface area (Å²) in [7, 11) is 8.86. The van der Waals surface area contributed by atoms with Crippen molar-refractivity contribution < 1.29 is 14.5 Å². The molecule has 1 N–H and O–H groups in total. The summed E-state index contributed by atoms with van der Waals surface area (Å²) in [5.41, 5.74) is 2.74. The van der Waals surface area contributed by atoms with Gasteiger partial charge in [0.05, 0.1) is 24.3 Å². The van der Waals surface area contributed by atoms with Crippen LogP contribution in [-0.4, -0.2) is 85.7 Å². The normalized spacial score (nSPS) is 12.5. The summed E-state index contributed by atoms with van der Waals surface area (Å²) < 4.78 is 5.51. The number of carbonyl (C=O) groups is 1. The van der Waals surface area contributed by atoms with E-state index < -0.39 is 4.92 Å². The molecule has 1 aliphatic rings. The highest BCUT2D eigenvalue weighted by Gasteiger charge is 2.29. The van der Waals surface area contributed by atoms with Crippen molar-refractivity contribution in [1.29, 1.82) is 0 Å². The second kappa shape index (κ2) is 13.6. The van der Waals surface area contributed by atoms with Gasteiger partial charge in [0.1, 0.15) is 17.3 Å². The molecular weight excluding hydrogens is 488 g/mol. The molecule has 1 aliphatic heterocycles. The van der Waals surface area contributed by atoms with Crippen molar-refractivity contribution in [3.05, 3.63) is 46.2 Å². The Morgan fingerprint density at radius 1 is 1.26 bits per heavy atom. The van der Waals surface area contributed by atoms with Crippen LogP contribution in [0.5, 0.6) is 5.75 Å². The first-order chi connectivity index (χ1) is 17.9. The number of nitrogens with zero attached hydrogens (tertiary/aromatic N) is 7. The molecule has 1 aromatic carbocycles. The van der Waals surface area contributed by atoms with Gasteiger partial charge in [-0.3, -0.25) is 15.0 Å². The number of nitrogens with one attached hydrogen (secondary N) is 1. The standard InChI is InChI=1S/C22H32N8O4.C4H8/c1-7-8-29-14-15-13-23-21(25-20(15)28(5)22(29)31)24-16-11-18(30(32)33)17(12-19(16)34-6)27(4)10-9-26(2)3;1-4(2)3/h11-13H,7-10,14H2,1-6H3,(H,23,24,25);1H2,2-3H3. The molecule has 2 heterocycles. The van der Waals surface area contributed by atoms with Crippen LogP contribution in [0.15, 0.2) is 30.5 Å². The molecule has 208 valence electrons. The van der Waals surface area contributed by atoms with Gasteiger partial charge in [-0.05, 0) is 34.4 Å². The zero-order valence-electron chi connectivity index (χ0n) is 23.7. The van der Waals surface area contributed by atoms with Gasteiger partial charge >= 0.3 is 6.03 Å². The predicted octanol–water partition coefficient (Wildman–Crippen LogP) is 4.50. The maximum absolute atomic E-state index is 12.6. The van der Waals surface area contributed by atoms with Gasteiger partial charge in [0, 0.05) is 57.6 Å². The highest BCUT2D eigenvalue weighted by molar-refractivity contribution is 5.93. The Hall–Kier alpha value is -3.93. The molecule has 38 heavy (non-hydrogen) atoms. The molecule has 0 saturated carbocycles. The third-order valence-corrected chi connectivity index (χ3v) is 5.61. The molecule has 0 unspecified atom stereocenters. The Morgan fingerprint density at radius 2 is 1.92 bits per heavy atom. The van der Waals surface area contributed by atoms with E-state index in [1.165, 1.54) is 23.6 Å². The Bertz CT molecular complexity index is 1150. The van der Waals surface area contributed by atoms with Crippen LogP contribution in [0.2, 0.25) is 0 Å². The van der Waals surface area contributed by atoms with Crippen molar-refractivity contribution >= 4 is 34.9 Å². The van der Waals surface area contributed by atoms with Crippen LogP contribution in [0.25, 0.3) is 0 Å². The lowest BCUT2D eigenvalue weighted by Gasteiger charge is -2.33. The van der Waals surface area contributed by atoms with Gasteiger partial charge in [0.15, 0.2) is 0 Å². The first-order valence-electron chi connectivity index (χ1n) is 12.4. The van der Waals surface area contributed by atoms with E-state index in [-0.39, 0.29) is 17.7 Å². The molecule has 0 fully saturated rings. The lowest BCUT2D eigenvalue weighted by atomic mass is 10.2. The van der Waals surface area contributed by atoms with Crippen molar-refractivity contribution in [2.45, 2.75) is 33.7 Å². The van der Waals surface area contributed by atoms with Gasteiger partial charge in [-0.15, -0.1) is 6.58 Å². The second-order valence-corrected chi connectivity index (χ2v) is 9.66. The number of nitro groups is 1. The van der Waals surface area contributed by atoms with E-state index >= 15 is 0 Å². The van der Waals surface area contributed by atoms with E-state index in [2.05, 4.69) is 21.9 Å². The first kappa shape index (κ1) is 30.3. The number of aromatic nitrogens is 2. The topological polar surface area (TPSA) is 120 Å². The minimum atomic E-state index is -0.422. The quantitative estimate of drug-likeness (QED) is 0.270. The van der Waals surface area contributed by atoms with E-state index in [0.29, 0.717) is 42.6 Å². The lowest BCUT2D eigenvalue weighted by Crippen LogP contribution is -2.45. The van der Waals surface area contributed by atoms with E-state index in [9.17, 15) is 14.9 Å². The molecule has 12 heteroatoms. The third-order valence-electron chi connectivity index (χ3n) is 5.61. The van der Waals surface area contributed by atoms with Gasteiger partial charge < -0.3 is 24.8 Å². The van der Waals surface area contributed by atoms with Crippen LogP contribution in [0.1, 0.15) is 32.8 Å². The van der Waals surface area contributed by atoms with Gasteiger partial charge in [-0.25, -0.2) is 9.78 Å². The molecule has 0 atom stereocenters.